The minimum Gasteiger partial charge on any atom is -0.361 e. The van der Waals surface area contributed by atoms with E-state index in [1.165, 1.54) is 12.1 Å². The Morgan fingerprint density at radius 1 is 1.46 bits per heavy atom. The van der Waals surface area contributed by atoms with Crippen molar-refractivity contribution in [2.45, 2.75) is 12.5 Å². The molecule has 7 heteroatoms. The van der Waals surface area contributed by atoms with Crippen LogP contribution in [0.25, 0.3) is 10.9 Å². The van der Waals surface area contributed by atoms with Crippen molar-refractivity contribution in [2.75, 3.05) is 13.6 Å². The Bertz CT molecular complexity index is 854. The third-order valence-corrected chi connectivity index (χ3v) is 4.03. The molecule has 126 valence electrons. The highest BCUT2D eigenvalue weighted by molar-refractivity contribution is 5.84. The molecule has 2 heterocycles. The number of carbonyl (C=O) groups is 1. The topological polar surface area (TPSA) is 74.7 Å². The van der Waals surface area contributed by atoms with E-state index in [4.69, 9.17) is 0 Å². The highest BCUT2D eigenvalue weighted by atomic mass is 19.1. The molecule has 1 aromatic carbocycles. The molecule has 0 radical (unpaired) electrons. The molecule has 0 saturated heterocycles. The van der Waals surface area contributed by atoms with Gasteiger partial charge in [-0.25, -0.2) is 4.39 Å². The lowest BCUT2D eigenvalue weighted by Gasteiger charge is -2.14. The monoisotopic (exact) mass is 329 g/mol. The predicted molar refractivity (Wildman–Crippen MR) is 90.0 cm³/mol. The maximum Gasteiger partial charge on any atom is 0.241 e. The number of nitrogens with one attached hydrogen (secondary N) is 3. The molecule has 0 spiro atoms. The minimum atomic E-state index is -0.434. The van der Waals surface area contributed by atoms with E-state index in [0.717, 1.165) is 22.0 Å². The van der Waals surface area contributed by atoms with Gasteiger partial charge in [0.05, 0.1) is 6.20 Å². The van der Waals surface area contributed by atoms with Crippen molar-refractivity contribution in [1.82, 2.24) is 25.4 Å². The second-order valence-corrected chi connectivity index (χ2v) is 5.71. The number of aromatic amines is 1. The Balaban J connectivity index is 1.61. The Kier molecular flexibility index (Phi) is 4.61. The maximum atomic E-state index is 13.2. The number of carbonyl (C=O) groups excluding carboxylic acids is 1. The molecule has 0 aliphatic heterocycles. The number of likely N-dealkylation sites (N-methyl/N-ethyl adjacent to an activating group) is 1. The molecule has 0 aliphatic carbocycles. The van der Waals surface area contributed by atoms with Crippen molar-refractivity contribution < 1.29 is 9.18 Å². The molecule has 0 bridgehead atoms. The van der Waals surface area contributed by atoms with E-state index in [1.54, 1.807) is 24.0 Å². The van der Waals surface area contributed by atoms with Crippen molar-refractivity contribution in [3.05, 3.63) is 53.7 Å². The molecule has 0 saturated carbocycles. The molecule has 0 aliphatic rings. The predicted octanol–water partition coefficient (Wildman–Crippen LogP) is 1.66. The van der Waals surface area contributed by atoms with Crippen LogP contribution in [0.1, 0.15) is 17.2 Å². The molecule has 6 nitrogen and oxygen atoms in total. The molecule has 3 N–H and O–H groups in total. The first kappa shape index (κ1) is 16.2. The summed E-state index contributed by atoms with van der Waals surface area (Å²) in [5.74, 6) is -0.367. The molecule has 3 aromatic rings. The van der Waals surface area contributed by atoms with Crippen LogP contribution in [0.2, 0.25) is 0 Å². The number of benzene rings is 1. The zero-order valence-corrected chi connectivity index (χ0v) is 13.6. The molecule has 0 fully saturated rings. The fourth-order valence-corrected chi connectivity index (χ4v) is 2.83. The number of rotatable bonds is 6. The second kappa shape index (κ2) is 6.84. The largest absolute Gasteiger partial charge is 0.361 e. The SMILES string of the molecule is CNC(C(=O)NCCc1c[nH]c2cc(F)ccc12)c1cnn(C)c1. The first-order chi connectivity index (χ1) is 11.6. The van der Waals surface area contributed by atoms with Crippen molar-refractivity contribution in [3.8, 4) is 0 Å². The number of aromatic nitrogens is 3. The summed E-state index contributed by atoms with van der Waals surface area (Å²) in [4.78, 5) is 15.4. The summed E-state index contributed by atoms with van der Waals surface area (Å²) in [7, 11) is 3.55. The van der Waals surface area contributed by atoms with Crippen LogP contribution in [0.15, 0.2) is 36.8 Å². The Labute approximate surface area is 139 Å². The molecular formula is C17H20FN5O. The summed E-state index contributed by atoms with van der Waals surface area (Å²) in [5, 5.41) is 11.0. The standard InChI is InChI=1S/C17H20FN5O/c1-19-16(12-9-22-23(2)10-12)17(24)20-6-5-11-8-21-15-7-13(18)3-4-14(11)15/h3-4,7-10,16,19,21H,5-6H2,1-2H3,(H,20,24). The molecule has 1 atom stereocenters. The van der Waals surface area contributed by atoms with Gasteiger partial charge in [-0.2, -0.15) is 5.10 Å². The summed E-state index contributed by atoms with van der Waals surface area (Å²) in [6.45, 7) is 0.502. The fourth-order valence-electron chi connectivity index (χ4n) is 2.83. The van der Waals surface area contributed by atoms with E-state index in [0.29, 0.717) is 13.0 Å². The third kappa shape index (κ3) is 3.30. The number of hydrogen-bond donors (Lipinski definition) is 3. The summed E-state index contributed by atoms with van der Waals surface area (Å²) in [6.07, 6.45) is 6.01. The number of H-pyrrole nitrogens is 1. The normalized spacial score (nSPS) is 12.5. The van der Waals surface area contributed by atoms with Gasteiger partial charge in [-0.05, 0) is 37.2 Å². The van der Waals surface area contributed by atoms with Gasteiger partial charge in [-0.1, -0.05) is 0 Å². The lowest BCUT2D eigenvalue weighted by Crippen LogP contribution is -2.36. The molecule has 3 rings (SSSR count). The van der Waals surface area contributed by atoms with E-state index >= 15 is 0 Å². The fraction of sp³-hybridized carbons (Fsp3) is 0.294. The Hall–Kier alpha value is -2.67. The van der Waals surface area contributed by atoms with E-state index in [1.807, 2.05) is 19.4 Å². The maximum absolute atomic E-state index is 13.2. The third-order valence-electron chi connectivity index (χ3n) is 4.03. The van der Waals surface area contributed by atoms with Crippen molar-refractivity contribution >= 4 is 16.8 Å². The number of amides is 1. The van der Waals surface area contributed by atoms with Crippen LogP contribution in [0.4, 0.5) is 4.39 Å². The van der Waals surface area contributed by atoms with Crippen molar-refractivity contribution in [2.24, 2.45) is 7.05 Å². The van der Waals surface area contributed by atoms with Crippen molar-refractivity contribution in [3.63, 3.8) is 0 Å². The van der Waals surface area contributed by atoms with Gasteiger partial charge < -0.3 is 15.6 Å². The number of halogens is 1. The average Bonchev–Trinajstić information content (AvgIpc) is 3.14. The smallest absolute Gasteiger partial charge is 0.241 e. The zero-order valence-electron chi connectivity index (χ0n) is 13.6. The van der Waals surface area contributed by atoms with E-state index < -0.39 is 6.04 Å². The average molecular weight is 329 g/mol. The van der Waals surface area contributed by atoms with Gasteiger partial charge in [0, 0.05) is 42.5 Å². The Morgan fingerprint density at radius 2 is 2.29 bits per heavy atom. The highest BCUT2D eigenvalue weighted by Crippen LogP contribution is 2.19. The first-order valence-electron chi connectivity index (χ1n) is 7.77. The van der Waals surface area contributed by atoms with Gasteiger partial charge in [-0.15, -0.1) is 0 Å². The number of nitrogens with zero attached hydrogens (tertiary/aromatic N) is 2. The van der Waals surface area contributed by atoms with Crippen LogP contribution in [0.3, 0.4) is 0 Å². The summed E-state index contributed by atoms with van der Waals surface area (Å²) in [5.41, 5.74) is 2.63. The van der Waals surface area contributed by atoms with E-state index in [9.17, 15) is 9.18 Å². The van der Waals surface area contributed by atoms with Crippen LogP contribution >= 0.6 is 0 Å². The summed E-state index contributed by atoms with van der Waals surface area (Å²) < 4.78 is 14.9. The highest BCUT2D eigenvalue weighted by Gasteiger charge is 2.19. The van der Waals surface area contributed by atoms with Crippen LogP contribution < -0.4 is 10.6 Å². The van der Waals surface area contributed by atoms with Crippen molar-refractivity contribution in [1.29, 1.82) is 0 Å². The van der Waals surface area contributed by atoms with Gasteiger partial charge in [0.25, 0.3) is 0 Å². The van der Waals surface area contributed by atoms with Gasteiger partial charge in [0.15, 0.2) is 0 Å². The summed E-state index contributed by atoms with van der Waals surface area (Å²) >= 11 is 0. The van der Waals surface area contributed by atoms with Gasteiger partial charge >= 0.3 is 0 Å². The second-order valence-electron chi connectivity index (χ2n) is 5.71. The minimum absolute atomic E-state index is 0.101. The number of fused-ring (bicyclic) bond motifs is 1. The molecular weight excluding hydrogens is 309 g/mol. The number of hydrogen-bond acceptors (Lipinski definition) is 3. The Morgan fingerprint density at radius 3 is 3.00 bits per heavy atom. The lowest BCUT2D eigenvalue weighted by atomic mass is 10.1. The quantitative estimate of drug-likeness (QED) is 0.644. The van der Waals surface area contributed by atoms with Gasteiger partial charge in [0.2, 0.25) is 5.91 Å². The van der Waals surface area contributed by atoms with E-state index in [2.05, 4.69) is 20.7 Å². The van der Waals surface area contributed by atoms with E-state index in [-0.39, 0.29) is 11.7 Å². The summed E-state index contributed by atoms with van der Waals surface area (Å²) in [6, 6.07) is 4.23. The van der Waals surface area contributed by atoms with Gasteiger partial charge in [0.1, 0.15) is 11.9 Å². The van der Waals surface area contributed by atoms with Crippen LogP contribution in [-0.4, -0.2) is 34.3 Å². The van der Waals surface area contributed by atoms with Crippen LogP contribution in [0.5, 0.6) is 0 Å². The van der Waals surface area contributed by atoms with Gasteiger partial charge in [-0.3, -0.25) is 9.48 Å². The number of aryl methyl sites for hydroxylation is 1. The molecule has 1 unspecified atom stereocenters. The molecule has 2 aromatic heterocycles. The zero-order chi connectivity index (χ0) is 17.1. The molecule has 1 amide bonds. The molecule has 24 heavy (non-hydrogen) atoms. The van der Waals surface area contributed by atoms with Crippen LogP contribution in [0, 0.1) is 5.82 Å². The lowest BCUT2D eigenvalue weighted by molar-refractivity contribution is -0.123. The first-order valence-corrected chi connectivity index (χ1v) is 7.77. The van der Waals surface area contributed by atoms with Crippen LogP contribution in [-0.2, 0) is 18.3 Å².